The number of hydrogen-bond donors (Lipinski definition) is 1. The number of fused-ring (bicyclic) bond motifs is 2. The van der Waals surface area contributed by atoms with Crippen LogP contribution in [0.2, 0.25) is 0 Å². The van der Waals surface area contributed by atoms with Gasteiger partial charge >= 0.3 is 5.97 Å². The number of ether oxygens (including phenoxy) is 1. The molecule has 0 atom stereocenters. The number of hydrogen-bond acceptors (Lipinski definition) is 3. The molecule has 1 aliphatic heterocycles. The molecule has 0 spiro atoms. The molecule has 3 rings (SSSR count). The average Bonchev–Trinajstić information content (AvgIpc) is 2.87. The van der Waals surface area contributed by atoms with E-state index in [1.54, 1.807) is 12.1 Å². The molecule has 5 nitrogen and oxygen atoms in total. The fourth-order valence-electron chi connectivity index (χ4n) is 2.49. The molecule has 20 heavy (non-hydrogen) atoms. The Bertz CT molecular complexity index is 766. The van der Waals surface area contributed by atoms with Gasteiger partial charge in [0, 0.05) is 12.6 Å². The van der Waals surface area contributed by atoms with E-state index in [2.05, 4.69) is 0 Å². The van der Waals surface area contributed by atoms with Crippen LogP contribution in [0.3, 0.4) is 0 Å². The van der Waals surface area contributed by atoms with Crippen molar-refractivity contribution in [3.8, 4) is 5.75 Å². The number of rotatable bonds is 3. The van der Waals surface area contributed by atoms with Crippen LogP contribution in [0.25, 0.3) is 10.9 Å². The minimum atomic E-state index is -1.31. The van der Waals surface area contributed by atoms with Crippen molar-refractivity contribution in [3.05, 3.63) is 39.7 Å². The van der Waals surface area contributed by atoms with Gasteiger partial charge in [0.05, 0.1) is 24.1 Å². The maximum absolute atomic E-state index is 12.6. The van der Waals surface area contributed by atoms with E-state index in [0.29, 0.717) is 17.9 Å². The van der Waals surface area contributed by atoms with Gasteiger partial charge in [-0.05, 0) is 17.7 Å². The van der Waals surface area contributed by atoms with Crippen LogP contribution < -0.4 is 10.2 Å². The number of halogens is 1. The van der Waals surface area contributed by atoms with E-state index in [0.717, 1.165) is 12.0 Å². The SMILES string of the molecule is O=C(O)c1cn(CCF)c2cc3c(cc2c1=O)OCC3. The molecule has 2 aromatic rings. The molecule has 6 heteroatoms. The molecular formula is C14H12FNO4. The first-order chi connectivity index (χ1) is 9.61. The van der Waals surface area contributed by atoms with Gasteiger partial charge in [-0.15, -0.1) is 0 Å². The van der Waals surface area contributed by atoms with E-state index in [1.165, 1.54) is 10.8 Å². The summed E-state index contributed by atoms with van der Waals surface area (Å²) in [6.45, 7) is -0.0872. The van der Waals surface area contributed by atoms with Crippen LogP contribution in [0.15, 0.2) is 23.1 Å². The fourth-order valence-corrected chi connectivity index (χ4v) is 2.49. The van der Waals surface area contributed by atoms with Gasteiger partial charge in [-0.1, -0.05) is 0 Å². The number of carboxylic acids is 1. The number of benzene rings is 1. The third kappa shape index (κ3) is 1.84. The fraction of sp³-hybridized carbons (Fsp3) is 0.286. The highest BCUT2D eigenvalue weighted by Gasteiger charge is 2.19. The summed E-state index contributed by atoms with van der Waals surface area (Å²) in [6, 6.07) is 3.33. The molecule has 0 bridgehead atoms. The Hall–Kier alpha value is -2.37. The first-order valence-electron chi connectivity index (χ1n) is 6.24. The highest BCUT2D eigenvalue weighted by atomic mass is 19.1. The second-order valence-electron chi connectivity index (χ2n) is 4.63. The Morgan fingerprint density at radius 2 is 2.25 bits per heavy atom. The zero-order valence-electron chi connectivity index (χ0n) is 10.6. The summed E-state index contributed by atoms with van der Waals surface area (Å²) in [5, 5.41) is 9.32. The molecule has 1 aromatic heterocycles. The Morgan fingerprint density at radius 1 is 1.45 bits per heavy atom. The summed E-state index contributed by atoms with van der Waals surface area (Å²) in [5.41, 5.74) is 0.569. The van der Waals surface area contributed by atoms with E-state index in [1.807, 2.05) is 0 Å². The van der Waals surface area contributed by atoms with Crippen LogP contribution >= 0.6 is 0 Å². The summed E-state index contributed by atoms with van der Waals surface area (Å²) >= 11 is 0. The highest BCUT2D eigenvalue weighted by molar-refractivity contribution is 5.93. The van der Waals surface area contributed by atoms with E-state index in [4.69, 9.17) is 9.84 Å². The van der Waals surface area contributed by atoms with Gasteiger partial charge < -0.3 is 14.4 Å². The van der Waals surface area contributed by atoms with Crippen LogP contribution in [0, 0.1) is 0 Å². The minimum Gasteiger partial charge on any atom is -0.493 e. The van der Waals surface area contributed by atoms with Gasteiger partial charge in [0.15, 0.2) is 0 Å². The van der Waals surface area contributed by atoms with Crippen LogP contribution in [-0.4, -0.2) is 28.9 Å². The smallest absolute Gasteiger partial charge is 0.341 e. The van der Waals surface area contributed by atoms with Gasteiger partial charge in [-0.3, -0.25) is 4.79 Å². The number of carbonyl (C=O) groups is 1. The molecule has 0 fully saturated rings. The monoisotopic (exact) mass is 277 g/mol. The van der Waals surface area contributed by atoms with Crippen molar-refractivity contribution in [2.45, 2.75) is 13.0 Å². The molecular weight excluding hydrogens is 265 g/mol. The quantitative estimate of drug-likeness (QED) is 0.925. The normalized spacial score (nSPS) is 13.2. The molecule has 1 aliphatic rings. The van der Waals surface area contributed by atoms with E-state index in [-0.39, 0.29) is 17.5 Å². The third-order valence-corrected chi connectivity index (χ3v) is 3.45. The van der Waals surface area contributed by atoms with Gasteiger partial charge in [-0.2, -0.15) is 0 Å². The van der Waals surface area contributed by atoms with Crippen molar-refractivity contribution in [2.24, 2.45) is 0 Å². The average molecular weight is 277 g/mol. The highest BCUT2D eigenvalue weighted by Crippen LogP contribution is 2.29. The molecule has 1 aromatic carbocycles. The lowest BCUT2D eigenvalue weighted by molar-refractivity contribution is 0.0694. The zero-order valence-corrected chi connectivity index (χ0v) is 10.6. The predicted molar refractivity (Wildman–Crippen MR) is 70.3 cm³/mol. The maximum atomic E-state index is 12.6. The second kappa shape index (κ2) is 4.63. The second-order valence-corrected chi connectivity index (χ2v) is 4.63. The van der Waals surface area contributed by atoms with Crippen LogP contribution in [0.1, 0.15) is 15.9 Å². The van der Waals surface area contributed by atoms with Crippen LogP contribution in [0.5, 0.6) is 5.75 Å². The summed E-state index contributed by atoms with van der Waals surface area (Å²) < 4.78 is 19.5. The lowest BCUT2D eigenvalue weighted by Gasteiger charge is -2.12. The molecule has 1 N–H and O–H groups in total. The molecule has 0 aliphatic carbocycles. The Kier molecular flexibility index (Phi) is 2.93. The minimum absolute atomic E-state index is 0.0106. The van der Waals surface area contributed by atoms with E-state index >= 15 is 0 Å². The largest absolute Gasteiger partial charge is 0.493 e. The number of carboxylic acid groups (broad SMARTS) is 1. The topological polar surface area (TPSA) is 68.5 Å². The molecule has 0 radical (unpaired) electrons. The summed E-state index contributed by atoms with van der Waals surface area (Å²) in [5.74, 6) is -0.713. The van der Waals surface area contributed by atoms with Crippen molar-refractivity contribution >= 4 is 16.9 Å². The number of nitrogens with zero attached hydrogens (tertiary/aromatic N) is 1. The first-order valence-corrected chi connectivity index (χ1v) is 6.24. The number of pyridine rings is 1. The lowest BCUT2D eigenvalue weighted by atomic mass is 10.1. The molecule has 104 valence electrons. The predicted octanol–water partition coefficient (Wildman–Crippen LogP) is 1.60. The van der Waals surface area contributed by atoms with Crippen molar-refractivity contribution in [3.63, 3.8) is 0 Å². The van der Waals surface area contributed by atoms with Crippen LogP contribution in [0.4, 0.5) is 4.39 Å². The van der Waals surface area contributed by atoms with Gasteiger partial charge in [0.25, 0.3) is 0 Å². The summed E-state index contributed by atoms with van der Waals surface area (Å²) in [7, 11) is 0. The molecule has 2 heterocycles. The molecule has 0 saturated heterocycles. The van der Waals surface area contributed by atoms with Crippen LogP contribution in [-0.2, 0) is 13.0 Å². The Balaban J connectivity index is 2.38. The zero-order chi connectivity index (χ0) is 14.3. The first kappa shape index (κ1) is 12.7. The van der Waals surface area contributed by atoms with Gasteiger partial charge in [0.1, 0.15) is 18.0 Å². The summed E-state index contributed by atoms with van der Waals surface area (Å²) in [6.07, 6.45) is 1.94. The van der Waals surface area contributed by atoms with E-state index < -0.39 is 18.1 Å². The van der Waals surface area contributed by atoms with Crippen molar-refractivity contribution in [2.75, 3.05) is 13.3 Å². The molecule has 0 amide bonds. The maximum Gasteiger partial charge on any atom is 0.341 e. The molecule has 0 unspecified atom stereocenters. The number of alkyl halides is 1. The van der Waals surface area contributed by atoms with Gasteiger partial charge in [-0.25, -0.2) is 9.18 Å². The number of aryl methyl sites for hydroxylation is 1. The lowest BCUT2D eigenvalue weighted by Crippen LogP contribution is -2.19. The van der Waals surface area contributed by atoms with Crippen molar-refractivity contribution < 1.29 is 19.0 Å². The van der Waals surface area contributed by atoms with Gasteiger partial charge in [0.2, 0.25) is 5.43 Å². The number of aromatic carboxylic acids is 1. The molecule has 0 saturated carbocycles. The van der Waals surface area contributed by atoms with Crippen molar-refractivity contribution in [1.29, 1.82) is 0 Å². The Morgan fingerprint density at radius 3 is 2.95 bits per heavy atom. The van der Waals surface area contributed by atoms with Crippen molar-refractivity contribution in [1.82, 2.24) is 4.57 Å². The summed E-state index contributed by atoms with van der Waals surface area (Å²) in [4.78, 5) is 23.3. The van der Waals surface area contributed by atoms with E-state index in [9.17, 15) is 14.0 Å². The third-order valence-electron chi connectivity index (χ3n) is 3.45. The number of aromatic nitrogens is 1. The standard InChI is InChI=1S/C14H12FNO4/c15-2-3-16-7-10(14(18)19)13(17)9-6-12-8(1-4-20-12)5-11(9)16/h5-7H,1-4H2,(H,18,19). The Labute approximate surface area is 113 Å².